The molecule has 3 rings (SSSR count). The van der Waals surface area contributed by atoms with E-state index < -0.39 is 0 Å². The van der Waals surface area contributed by atoms with E-state index in [1.165, 1.54) is 6.08 Å². The van der Waals surface area contributed by atoms with Gasteiger partial charge >= 0.3 is 0 Å². The number of nitrogens with one attached hydrogen (secondary N) is 2. The molecule has 2 aromatic rings. The van der Waals surface area contributed by atoms with Gasteiger partial charge in [-0.3, -0.25) is 9.59 Å². The van der Waals surface area contributed by atoms with E-state index in [0.717, 1.165) is 23.3 Å². The molecule has 0 aliphatic carbocycles. The van der Waals surface area contributed by atoms with Gasteiger partial charge in [-0.2, -0.15) is 0 Å². The molecule has 0 bridgehead atoms. The molecule has 0 fully saturated rings. The van der Waals surface area contributed by atoms with E-state index in [1.54, 1.807) is 30.3 Å². The zero-order valence-corrected chi connectivity index (χ0v) is 14.1. The van der Waals surface area contributed by atoms with Crippen molar-refractivity contribution in [2.24, 2.45) is 0 Å². The zero-order chi connectivity index (χ0) is 18.4. The van der Waals surface area contributed by atoms with Gasteiger partial charge in [-0.05, 0) is 41.5 Å². The summed E-state index contributed by atoms with van der Waals surface area (Å²) in [4.78, 5) is 24.3. The van der Waals surface area contributed by atoms with Crippen LogP contribution < -0.4 is 15.4 Å². The lowest BCUT2D eigenvalue weighted by molar-refractivity contribution is -0.111. The normalized spacial score (nSPS) is 12.1. The molecule has 0 spiro atoms. The first kappa shape index (κ1) is 17.3. The van der Waals surface area contributed by atoms with Crippen LogP contribution in [0.3, 0.4) is 0 Å². The maximum atomic E-state index is 12.2. The number of fused-ring (bicyclic) bond motifs is 1. The minimum Gasteiger partial charge on any atom is -0.493 e. The molecular weight excluding hydrogens is 328 g/mol. The summed E-state index contributed by atoms with van der Waals surface area (Å²) in [6, 6.07) is 12.6. The number of carbonyl (C=O) groups excluding carboxylic acids is 2. The minimum atomic E-state index is -0.332. The fraction of sp³-hybridized carbons (Fsp3) is 0.143. The van der Waals surface area contributed by atoms with Gasteiger partial charge in [0.05, 0.1) is 24.4 Å². The Morgan fingerprint density at radius 3 is 2.92 bits per heavy atom. The van der Waals surface area contributed by atoms with Crippen molar-refractivity contribution in [1.82, 2.24) is 5.32 Å². The average Bonchev–Trinajstić information content (AvgIpc) is 3.12. The number of benzene rings is 2. The number of para-hydroxylation sites is 1. The van der Waals surface area contributed by atoms with Crippen LogP contribution in [-0.4, -0.2) is 25.0 Å². The number of amides is 2. The van der Waals surface area contributed by atoms with Gasteiger partial charge in [0.1, 0.15) is 5.75 Å². The first-order valence-electron chi connectivity index (χ1n) is 8.23. The van der Waals surface area contributed by atoms with Crippen LogP contribution in [-0.2, 0) is 11.2 Å². The highest BCUT2D eigenvalue weighted by Gasteiger charge is 2.12. The summed E-state index contributed by atoms with van der Waals surface area (Å²) < 4.78 is 5.47. The van der Waals surface area contributed by atoms with Gasteiger partial charge in [0.25, 0.3) is 5.91 Å². The van der Waals surface area contributed by atoms with E-state index in [9.17, 15) is 9.59 Å². The number of anilines is 1. The molecule has 0 unspecified atom stereocenters. The van der Waals surface area contributed by atoms with Crippen LogP contribution >= 0.6 is 0 Å². The first-order chi connectivity index (χ1) is 12.7. The summed E-state index contributed by atoms with van der Waals surface area (Å²) in [5.74, 6) is 2.59. The Bertz CT molecular complexity index is 910. The molecule has 0 saturated heterocycles. The summed E-state index contributed by atoms with van der Waals surface area (Å²) in [5.41, 5.74) is 2.85. The fourth-order valence-electron chi connectivity index (χ4n) is 2.67. The Labute approximate surface area is 152 Å². The lowest BCUT2D eigenvalue weighted by Gasteiger charge is -2.09. The van der Waals surface area contributed by atoms with Crippen LogP contribution in [0.5, 0.6) is 5.75 Å². The van der Waals surface area contributed by atoms with Crippen LogP contribution in [0.2, 0.25) is 0 Å². The molecule has 5 nitrogen and oxygen atoms in total. The van der Waals surface area contributed by atoms with E-state index in [2.05, 4.69) is 16.6 Å². The number of ether oxygens (including phenoxy) is 1. The largest absolute Gasteiger partial charge is 0.493 e. The summed E-state index contributed by atoms with van der Waals surface area (Å²) >= 11 is 0. The van der Waals surface area contributed by atoms with Gasteiger partial charge in [0, 0.05) is 12.5 Å². The standard InChI is InChI=1S/C21H18N2O3/c1-2-12-22-21(25)17-5-3-4-6-18(17)23-20(24)10-8-15-7-9-19-16(14-15)11-13-26-19/h1,3-10,14H,11-13H2,(H,22,25)(H,23,24)/b10-8+. The van der Waals surface area contributed by atoms with Gasteiger partial charge in [0.2, 0.25) is 5.91 Å². The van der Waals surface area contributed by atoms with Crippen LogP contribution in [0, 0.1) is 12.3 Å². The monoisotopic (exact) mass is 346 g/mol. The van der Waals surface area contributed by atoms with Gasteiger partial charge in [0.15, 0.2) is 0 Å². The predicted molar refractivity (Wildman–Crippen MR) is 101 cm³/mol. The zero-order valence-electron chi connectivity index (χ0n) is 14.1. The Morgan fingerprint density at radius 2 is 2.08 bits per heavy atom. The number of terminal acetylenes is 1. The summed E-state index contributed by atoms with van der Waals surface area (Å²) in [6.45, 7) is 0.824. The van der Waals surface area contributed by atoms with Crippen molar-refractivity contribution in [3.63, 3.8) is 0 Å². The number of hydrogen-bond donors (Lipinski definition) is 2. The second-order valence-electron chi connectivity index (χ2n) is 5.72. The molecule has 2 amide bonds. The van der Waals surface area contributed by atoms with Crippen LogP contribution in [0.15, 0.2) is 48.5 Å². The van der Waals surface area contributed by atoms with Crippen LogP contribution in [0.1, 0.15) is 21.5 Å². The van der Waals surface area contributed by atoms with Crippen molar-refractivity contribution in [2.75, 3.05) is 18.5 Å². The molecule has 1 aliphatic rings. The van der Waals surface area contributed by atoms with E-state index in [1.807, 2.05) is 18.2 Å². The smallest absolute Gasteiger partial charge is 0.254 e. The molecule has 0 saturated carbocycles. The van der Waals surface area contributed by atoms with Crippen molar-refractivity contribution in [3.8, 4) is 18.1 Å². The third-order valence-corrected chi connectivity index (χ3v) is 3.92. The second kappa shape index (κ2) is 8.04. The molecule has 2 aromatic carbocycles. The highest BCUT2D eigenvalue weighted by Crippen LogP contribution is 2.26. The molecule has 5 heteroatoms. The van der Waals surface area contributed by atoms with Crippen molar-refractivity contribution in [3.05, 3.63) is 65.2 Å². The van der Waals surface area contributed by atoms with Gasteiger partial charge in [-0.25, -0.2) is 0 Å². The minimum absolute atomic E-state index is 0.128. The van der Waals surface area contributed by atoms with Gasteiger partial charge in [-0.1, -0.05) is 24.1 Å². The highest BCUT2D eigenvalue weighted by molar-refractivity contribution is 6.07. The molecular formula is C21H18N2O3. The van der Waals surface area contributed by atoms with Crippen molar-refractivity contribution in [1.29, 1.82) is 0 Å². The topological polar surface area (TPSA) is 67.4 Å². The lowest BCUT2D eigenvalue weighted by Crippen LogP contribution is -2.25. The van der Waals surface area contributed by atoms with Crippen molar-refractivity contribution < 1.29 is 14.3 Å². The Balaban J connectivity index is 1.68. The summed E-state index contributed by atoms with van der Waals surface area (Å²) in [7, 11) is 0. The molecule has 0 atom stereocenters. The Hall–Kier alpha value is -3.52. The quantitative estimate of drug-likeness (QED) is 0.646. The van der Waals surface area contributed by atoms with E-state index in [-0.39, 0.29) is 18.4 Å². The third kappa shape index (κ3) is 4.11. The SMILES string of the molecule is C#CCNC(=O)c1ccccc1NC(=O)/C=C/c1ccc2c(c1)CCO2. The predicted octanol–water partition coefficient (Wildman–Crippen LogP) is 2.64. The molecule has 0 radical (unpaired) electrons. The van der Waals surface area contributed by atoms with Crippen molar-refractivity contribution >= 4 is 23.6 Å². The number of hydrogen-bond acceptors (Lipinski definition) is 3. The average molecular weight is 346 g/mol. The maximum absolute atomic E-state index is 12.2. The molecule has 0 aromatic heterocycles. The van der Waals surface area contributed by atoms with E-state index >= 15 is 0 Å². The van der Waals surface area contributed by atoms with E-state index in [0.29, 0.717) is 17.9 Å². The number of carbonyl (C=O) groups is 2. The molecule has 26 heavy (non-hydrogen) atoms. The number of rotatable bonds is 5. The fourth-order valence-corrected chi connectivity index (χ4v) is 2.67. The molecule has 130 valence electrons. The van der Waals surface area contributed by atoms with Crippen LogP contribution in [0.25, 0.3) is 6.08 Å². The van der Waals surface area contributed by atoms with Crippen molar-refractivity contribution in [2.45, 2.75) is 6.42 Å². The van der Waals surface area contributed by atoms with E-state index in [4.69, 9.17) is 11.2 Å². The summed E-state index contributed by atoms with van der Waals surface area (Å²) in [5, 5.41) is 5.32. The maximum Gasteiger partial charge on any atom is 0.254 e. The lowest BCUT2D eigenvalue weighted by atomic mass is 10.1. The second-order valence-corrected chi connectivity index (χ2v) is 5.72. The highest BCUT2D eigenvalue weighted by atomic mass is 16.5. The first-order valence-corrected chi connectivity index (χ1v) is 8.23. The van der Waals surface area contributed by atoms with Gasteiger partial charge in [-0.15, -0.1) is 6.42 Å². The molecule has 2 N–H and O–H groups in total. The van der Waals surface area contributed by atoms with Gasteiger partial charge < -0.3 is 15.4 Å². The van der Waals surface area contributed by atoms with Crippen LogP contribution in [0.4, 0.5) is 5.69 Å². The molecule has 1 heterocycles. The third-order valence-electron chi connectivity index (χ3n) is 3.92. The Morgan fingerprint density at radius 1 is 1.23 bits per heavy atom. The molecule has 1 aliphatic heterocycles. The summed E-state index contributed by atoms with van der Waals surface area (Å²) in [6.07, 6.45) is 9.20. The Kier molecular flexibility index (Phi) is 5.35.